The number of benzene rings is 1. The molecule has 0 aromatic heterocycles. The Balaban J connectivity index is 2.00. The van der Waals surface area contributed by atoms with Crippen molar-refractivity contribution in [2.45, 2.75) is 24.6 Å². The lowest BCUT2D eigenvalue weighted by molar-refractivity contribution is -0.115. The van der Waals surface area contributed by atoms with E-state index in [2.05, 4.69) is 5.32 Å². The zero-order valence-electron chi connectivity index (χ0n) is 8.59. The summed E-state index contributed by atoms with van der Waals surface area (Å²) in [6.07, 6.45) is 2.80. The first-order valence-electron chi connectivity index (χ1n) is 5.41. The molecule has 0 bridgehead atoms. The molecule has 1 amide bonds. The highest BCUT2D eigenvalue weighted by molar-refractivity contribution is 6.33. The van der Waals surface area contributed by atoms with Crippen LogP contribution in [0.5, 0.6) is 0 Å². The topological polar surface area (TPSA) is 29.1 Å². The van der Waals surface area contributed by atoms with E-state index in [0.717, 1.165) is 16.8 Å². The highest BCUT2D eigenvalue weighted by Crippen LogP contribution is 2.48. The van der Waals surface area contributed by atoms with Gasteiger partial charge in [0.05, 0.1) is 11.8 Å². The summed E-state index contributed by atoms with van der Waals surface area (Å²) in [4.78, 5) is 11.3. The standard InChI is InChI=1S/C12H11Cl2NO/c13-9-5-10-7(4-11(16)15-10)3-8(9)12(14)6-1-2-6/h3,5-6,12H,1-2,4H2,(H,15,16). The summed E-state index contributed by atoms with van der Waals surface area (Å²) in [6.45, 7) is 0. The van der Waals surface area contributed by atoms with Crippen LogP contribution >= 0.6 is 23.2 Å². The van der Waals surface area contributed by atoms with Crippen LogP contribution in [0.25, 0.3) is 0 Å². The van der Waals surface area contributed by atoms with Crippen LogP contribution in [-0.4, -0.2) is 5.91 Å². The molecule has 1 heterocycles. The number of amides is 1. The molecule has 2 aliphatic rings. The highest BCUT2D eigenvalue weighted by Gasteiger charge is 2.33. The van der Waals surface area contributed by atoms with Gasteiger partial charge in [-0.2, -0.15) is 0 Å². The molecule has 1 unspecified atom stereocenters. The molecule has 1 aromatic carbocycles. The molecular formula is C12H11Cl2NO. The van der Waals surface area contributed by atoms with Gasteiger partial charge in [-0.05, 0) is 36.0 Å². The molecule has 0 saturated heterocycles. The summed E-state index contributed by atoms with van der Waals surface area (Å²) in [6, 6.07) is 3.79. The monoisotopic (exact) mass is 255 g/mol. The van der Waals surface area contributed by atoms with Gasteiger partial charge in [-0.1, -0.05) is 17.7 Å². The number of fused-ring (bicyclic) bond motifs is 1. The fourth-order valence-electron chi connectivity index (χ4n) is 2.12. The van der Waals surface area contributed by atoms with Gasteiger partial charge in [0.25, 0.3) is 0 Å². The van der Waals surface area contributed by atoms with Crippen LogP contribution in [0.2, 0.25) is 5.02 Å². The van der Waals surface area contributed by atoms with Crippen LogP contribution in [0.3, 0.4) is 0 Å². The van der Waals surface area contributed by atoms with Crippen LogP contribution < -0.4 is 5.32 Å². The number of halogens is 2. The van der Waals surface area contributed by atoms with Crippen LogP contribution in [-0.2, 0) is 11.2 Å². The lowest BCUT2D eigenvalue weighted by atomic mass is 10.0. The van der Waals surface area contributed by atoms with E-state index >= 15 is 0 Å². The maximum atomic E-state index is 11.3. The molecule has 1 aliphatic carbocycles. The van der Waals surface area contributed by atoms with Crippen molar-refractivity contribution in [3.63, 3.8) is 0 Å². The first kappa shape index (κ1) is 10.4. The quantitative estimate of drug-likeness (QED) is 0.806. The van der Waals surface area contributed by atoms with Gasteiger partial charge in [0.1, 0.15) is 0 Å². The maximum absolute atomic E-state index is 11.3. The fourth-order valence-corrected chi connectivity index (χ4v) is 2.89. The summed E-state index contributed by atoms with van der Waals surface area (Å²) in [5.41, 5.74) is 2.81. The van der Waals surface area contributed by atoms with Gasteiger partial charge in [-0.3, -0.25) is 4.79 Å². The molecule has 84 valence electrons. The third kappa shape index (κ3) is 1.70. The summed E-state index contributed by atoms with van der Waals surface area (Å²) >= 11 is 12.5. The van der Waals surface area contributed by atoms with Crippen molar-refractivity contribution in [2.75, 3.05) is 5.32 Å². The van der Waals surface area contributed by atoms with Crippen molar-refractivity contribution in [1.82, 2.24) is 0 Å². The molecule has 2 nitrogen and oxygen atoms in total. The zero-order chi connectivity index (χ0) is 11.3. The molecular weight excluding hydrogens is 245 g/mol. The third-order valence-electron chi connectivity index (χ3n) is 3.18. The van der Waals surface area contributed by atoms with Gasteiger partial charge in [0.2, 0.25) is 5.91 Å². The highest BCUT2D eigenvalue weighted by atomic mass is 35.5. The fraction of sp³-hybridized carbons (Fsp3) is 0.417. The predicted molar refractivity (Wildman–Crippen MR) is 65.1 cm³/mol. The average molecular weight is 256 g/mol. The summed E-state index contributed by atoms with van der Waals surface area (Å²) in [7, 11) is 0. The molecule has 1 aromatic rings. The van der Waals surface area contributed by atoms with E-state index in [-0.39, 0.29) is 11.3 Å². The molecule has 0 radical (unpaired) electrons. The Kier molecular flexibility index (Phi) is 2.37. The zero-order valence-corrected chi connectivity index (χ0v) is 10.1. The normalized spacial score (nSPS) is 20.5. The number of anilines is 1. The van der Waals surface area contributed by atoms with Gasteiger partial charge >= 0.3 is 0 Å². The van der Waals surface area contributed by atoms with Crippen LogP contribution in [0.1, 0.15) is 29.3 Å². The predicted octanol–water partition coefficient (Wildman–Crippen LogP) is 3.52. The van der Waals surface area contributed by atoms with E-state index in [1.165, 1.54) is 12.8 Å². The number of carbonyl (C=O) groups excluding carboxylic acids is 1. The second-order valence-electron chi connectivity index (χ2n) is 4.50. The molecule has 3 rings (SSSR count). The van der Waals surface area contributed by atoms with Gasteiger partial charge < -0.3 is 5.32 Å². The largest absolute Gasteiger partial charge is 0.325 e. The van der Waals surface area contributed by atoms with Crippen molar-refractivity contribution in [3.05, 3.63) is 28.3 Å². The first-order valence-corrected chi connectivity index (χ1v) is 6.23. The van der Waals surface area contributed by atoms with Crippen LogP contribution in [0.15, 0.2) is 12.1 Å². The van der Waals surface area contributed by atoms with E-state index in [1.807, 2.05) is 12.1 Å². The lowest BCUT2D eigenvalue weighted by Crippen LogP contribution is -2.03. The number of nitrogens with one attached hydrogen (secondary N) is 1. The van der Waals surface area contributed by atoms with E-state index in [9.17, 15) is 4.79 Å². The minimum absolute atomic E-state index is 0.00602. The SMILES string of the molecule is O=C1Cc2cc(C(Cl)C3CC3)c(Cl)cc2N1. The van der Waals surface area contributed by atoms with E-state index in [1.54, 1.807) is 0 Å². The van der Waals surface area contributed by atoms with Gasteiger partial charge in [-0.15, -0.1) is 11.6 Å². The molecule has 1 atom stereocenters. The Bertz CT molecular complexity index is 468. The van der Waals surface area contributed by atoms with Gasteiger partial charge in [0.15, 0.2) is 0 Å². The molecule has 4 heteroatoms. The Labute approximate surface area is 104 Å². The molecule has 0 spiro atoms. The number of rotatable bonds is 2. The summed E-state index contributed by atoms with van der Waals surface area (Å²) < 4.78 is 0. The number of hydrogen-bond donors (Lipinski definition) is 1. The second-order valence-corrected chi connectivity index (χ2v) is 5.37. The van der Waals surface area contributed by atoms with Crippen LogP contribution in [0, 0.1) is 5.92 Å². The van der Waals surface area contributed by atoms with Crippen LogP contribution in [0.4, 0.5) is 5.69 Å². The minimum atomic E-state index is -0.00602. The molecule has 16 heavy (non-hydrogen) atoms. The summed E-state index contributed by atoms with van der Waals surface area (Å²) in [5.74, 6) is 0.586. The number of alkyl halides is 1. The van der Waals surface area contributed by atoms with E-state index in [0.29, 0.717) is 17.4 Å². The number of carbonyl (C=O) groups is 1. The minimum Gasteiger partial charge on any atom is -0.325 e. The Morgan fingerprint density at radius 3 is 2.81 bits per heavy atom. The average Bonchev–Trinajstić information content (AvgIpc) is 3.00. The van der Waals surface area contributed by atoms with Crippen molar-refractivity contribution in [1.29, 1.82) is 0 Å². The Morgan fingerprint density at radius 1 is 1.38 bits per heavy atom. The number of hydrogen-bond acceptors (Lipinski definition) is 1. The molecule has 1 aliphatic heterocycles. The second kappa shape index (κ2) is 3.64. The van der Waals surface area contributed by atoms with Crippen molar-refractivity contribution in [3.8, 4) is 0 Å². The van der Waals surface area contributed by atoms with Gasteiger partial charge in [-0.25, -0.2) is 0 Å². The molecule has 1 saturated carbocycles. The van der Waals surface area contributed by atoms with Crippen molar-refractivity contribution in [2.24, 2.45) is 5.92 Å². The maximum Gasteiger partial charge on any atom is 0.228 e. The van der Waals surface area contributed by atoms with Crippen molar-refractivity contribution >= 4 is 34.8 Å². The molecule has 1 N–H and O–H groups in total. The van der Waals surface area contributed by atoms with E-state index < -0.39 is 0 Å². The van der Waals surface area contributed by atoms with E-state index in [4.69, 9.17) is 23.2 Å². The third-order valence-corrected chi connectivity index (χ3v) is 4.10. The summed E-state index contributed by atoms with van der Waals surface area (Å²) in [5, 5.41) is 3.44. The Hall–Kier alpha value is -0.730. The lowest BCUT2D eigenvalue weighted by Gasteiger charge is -2.12. The smallest absolute Gasteiger partial charge is 0.228 e. The first-order chi connectivity index (χ1) is 7.65. The molecule has 1 fully saturated rings. The van der Waals surface area contributed by atoms with Crippen molar-refractivity contribution < 1.29 is 4.79 Å². The Morgan fingerprint density at radius 2 is 2.12 bits per heavy atom. The van der Waals surface area contributed by atoms with Gasteiger partial charge in [0, 0.05) is 10.7 Å².